The molecule has 2 nitrogen and oxygen atoms in total. The van der Waals surface area contributed by atoms with Gasteiger partial charge in [-0.15, -0.1) is 0 Å². The van der Waals surface area contributed by atoms with Crippen LogP contribution in [0.25, 0.3) is 44.3 Å². The van der Waals surface area contributed by atoms with Crippen molar-refractivity contribution in [2.75, 3.05) is 0 Å². The molecule has 0 fully saturated rings. The molecular weight excluding hydrogens is 496 g/mol. The van der Waals surface area contributed by atoms with E-state index in [1.54, 1.807) is 0 Å². The molecular formula is C39H41N2+. The van der Waals surface area contributed by atoms with Crippen molar-refractivity contribution >= 4 is 10.8 Å². The smallest absolute Gasteiger partial charge is 0.200 e. The third-order valence-corrected chi connectivity index (χ3v) is 8.01. The fourth-order valence-corrected chi connectivity index (χ4v) is 5.92. The molecule has 4 aromatic carbocycles. The Morgan fingerprint density at radius 1 is 0.707 bits per heavy atom. The van der Waals surface area contributed by atoms with Crippen LogP contribution in [0, 0.1) is 23.7 Å². The van der Waals surface area contributed by atoms with Crippen LogP contribution < -0.4 is 4.57 Å². The number of pyridine rings is 1. The number of hydrogen-bond donors (Lipinski definition) is 0. The topological polar surface area (TPSA) is 27.7 Å². The Morgan fingerprint density at radius 3 is 1.83 bits per heavy atom. The molecule has 0 amide bonds. The molecule has 0 atom stereocenters. The van der Waals surface area contributed by atoms with E-state index in [1.807, 2.05) is 13.2 Å². The predicted octanol–water partition coefficient (Wildman–Crippen LogP) is 9.73. The minimum atomic E-state index is -0.00315. The number of hydrogen-bond acceptors (Lipinski definition) is 1. The third-order valence-electron chi connectivity index (χ3n) is 8.01. The summed E-state index contributed by atoms with van der Waals surface area (Å²) in [5.41, 5.74) is 11.6. The molecule has 0 radical (unpaired) electrons. The molecule has 0 N–H and O–H groups in total. The van der Waals surface area contributed by atoms with E-state index >= 15 is 0 Å². The maximum absolute atomic E-state index is 10.1. The van der Waals surface area contributed by atoms with Crippen LogP contribution in [0.4, 0.5) is 0 Å². The number of aryl methyl sites for hydroxylation is 2. The molecule has 5 aromatic rings. The lowest BCUT2D eigenvalue weighted by molar-refractivity contribution is -0.660. The fraction of sp³-hybridized carbons (Fsp3) is 0.282. The molecule has 5 rings (SSSR count). The number of aromatic nitrogens is 1. The van der Waals surface area contributed by atoms with Gasteiger partial charge in [-0.05, 0) is 74.4 Å². The molecule has 2 heteroatoms. The number of nitriles is 1. The monoisotopic (exact) mass is 537 g/mol. The summed E-state index contributed by atoms with van der Waals surface area (Å²) < 4.78 is 2.10. The zero-order valence-electron chi connectivity index (χ0n) is 25.8. The molecule has 0 aliphatic rings. The summed E-state index contributed by atoms with van der Waals surface area (Å²) in [6.45, 7) is 15.9. The summed E-state index contributed by atoms with van der Waals surface area (Å²) in [6, 6.07) is 33.2. The predicted molar refractivity (Wildman–Crippen MR) is 173 cm³/mol. The van der Waals surface area contributed by atoms with E-state index in [2.05, 4.69) is 144 Å². The lowest BCUT2D eigenvalue weighted by Crippen LogP contribution is -2.31. The maximum atomic E-state index is 10.1. The van der Waals surface area contributed by atoms with Crippen molar-refractivity contribution < 1.29 is 4.57 Å². The van der Waals surface area contributed by atoms with E-state index in [0.29, 0.717) is 5.56 Å². The Balaban J connectivity index is 1.58. The van der Waals surface area contributed by atoms with Gasteiger partial charge in [0.2, 0.25) is 5.69 Å². The van der Waals surface area contributed by atoms with Crippen molar-refractivity contribution in [3.8, 4) is 39.6 Å². The van der Waals surface area contributed by atoms with Crippen molar-refractivity contribution in [1.29, 1.82) is 5.26 Å². The summed E-state index contributed by atoms with van der Waals surface area (Å²) >= 11 is 0. The number of nitrogens with zero attached hydrogens (tertiary/aromatic N) is 2. The van der Waals surface area contributed by atoms with Crippen LogP contribution in [-0.2, 0) is 18.9 Å². The van der Waals surface area contributed by atoms with Crippen molar-refractivity contribution in [2.24, 2.45) is 12.5 Å². The van der Waals surface area contributed by atoms with Crippen LogP contribution in [-0.4, -0.2) is 0 Å². The van der Waals surface area contributed by atoms with Crippen LogP contribution in [0.3, 0.4) is 0 Å². The van der Waals surface area contributed by atoms with Gasteiger partial charge in [0, 0.05) is 17.2 Å². The van der Waals surface area contributed by atoms with Crippen LogP contribution in [0.1, 0.15) is 63.8 Å². The molecule has 0 saturated carbocycles. The minimum absolute atomic E-state index is 0.00315. The lowest BCUT2D eigenvalue weighted by Gasteiger charge is -2.24. The molecule has 0 unspecified atom stereocenters. The van der Waals surface area contributed by atoms with Crippen LogP contribution in [0.2, 0.25) is 0 Å². The molecule has 206 valence electrons. The van der Waals surface area contributed by atoms with Gasteiger partial charge in [-0.3, -0.25) is 0 Å². The van der Waals surface area contributed by atoms with Gasteiger partial charge in [-0.25, -0.2) is 0 Å². The van der Waals surface area contributed by atoms with Gasteiger partial charge in [0.15, 0.2) is 6.20 Å². The highest BCUT2D eigenvalue weighted by Gasteiger charge is 2.24. The highest BCUT2D eigenvalue weighted by molar-refractivity contribution is 5.94. The largest absolute Gasteiger partial charge is 0.213 e. The Hall–Kier alpha value is -4.22. The first-order chi connectivity index (χ1) is 19.4. The van der Waals surface area contributed by atoms with Gasteiger partial charge in [-0.1, -0.05) is 114 Å². The van der Waals surface area contributed by atoms with Gasteiger partial charge in [0.05, 0.1) is 0 Å². The van der Waals surface area contributed by atoms with Gasteiger partial charge in [0.25, 0.3) is 0 Å². The van der Waals surface area contributed by atoms with E-state index < -0.39 is 0 Å². The van der Waals surface area contributed by atoms with Gasteiger partial charge in [-0.2, -0.15) is 9.83 Å². The van der Waals surface area contributed by atoms with Gasteiger partial charge >= 0.3 is 0 Å². The molecule has 1 aromatic heterocycles. The normalized spacial score (nSPS) is 12.0. The van der Waals surface area contributed by atoms with Crippen molar-refractivity contribution in [3.63, 3.8) is 0 Å². The van der Waals surface area contributed by atoms with E-state index in [0.717, 1.165) is 23.2 Å². The summed E-state index contributed by atoms with van der Waals surface area (Å²) in [4.78, 5) is 0. The summed E-state index contributed by atoms with van der Waals surface area (Å²) in [5, 5.41) is 12.7. The second-order valence-corrected chi connectivity index (χ2v) is 13.6. The van der Waals surface area contributed by atoms with Crippen molar-refractivity contribution in [3.05, 3.63) is 113 Å². The summed E-state index contributed by atoms with van der Waals surface area (Å²) in [6.07, 6.45) is 3.03. The Kier molecular flexibility index (Phi) is 7.35. The van der Waals surface area contributed by atoms with E-state index in [1.165, 1.54) is 44.2 Å². The fourth-order valence-electron chi connectivity index (χ4n) is 5.92. The van der Waals surface area contributed by atoms with Gasteiger partial charge < -0.3 is 0 Å². The Morgan fingerprint density at radius 2 is 1.27 bits per heavy atom. The first-order valence-electron chi connectivity index (χ1n) is 14.5. The third kappa shape index (κ3) is 5.82. The quantitative estimate of drug-likeness (QED) is 0.210. The number of rotatable bonds is 4. The highest BCUT2D eigenvalue weighted by atomic mass is 14.9. The molecule has 0 saturated heterocycles. The van der Waals surface area contributed by atoms with E-state index in [-0.39, 0.29) is 10.8 Å². The van der Waals surface area contributed by atoms with Crippen molar-refractivity contribution in [1.82, 2.24) is 0 Å². The summed E-state index contributed by atoms with van der Waals surface area (Å²) in [5.74, 6) is 0. The molecule has 0 bridgehead atoms. The minimum Gasteiger partial charge on any atom is -0.200 e. The Labute approximate surface area is 245 Å². The maximum Gasteiger partial charge on any atom is 0.213 e. The van der Waals surface area contributed by atoms with Crippen molar-refractivity contribution in [2.45, 2.75) is 60.3 Å². The number of benzene rings is 4. The number of fused-ring (bicyclic) bond motifs is 1. The van der Waals surface area contributed by atoms with Crippen LogP contribution in [0.5, 0.6) is 0 Å². The molecule has 41 heavy (non-hydrogen) atoms. The average Bonchev–Trinajstić information content (AvgIpc) is 2.92. The zero-order valence-corrected chi connectivity index (χ0v) is 25.8. The Bertz CT molecular complexity index is 1770. The van der Waals surface area contributed by atoms with Gasteiger partial charge in [0.1, 0.15) is 18.7 Å². The second kappa shape index (κ2) is 10.6. The SMILES string of the molecule is Cc1c(-c2cc(-c3ccc(-c4ccc(CC(C)(C)C)cc4)cc3)c(C#N)c[n+]2C)cc(C(C)(C)C)c2ccccc12. The lowest BCUT2D eigenvalue weighted by atomic mass is 9.80. The average molecular weight is 538 g/mol. The first kappa shape index (κ1) is 28.3. The molecule has 0 aliphatic heterocycles. The second-order valence-electron chi connectivity index (χ2n) is 13.6. The van der Waals surface area contributed by atoms with E-state index in [4.69, 9.17) is 0 Å². The molecule has 0 spiro atoms. The standard InChI is InChI=1S/C39H41N2/c1-26-32-11-9-10-12-33(32)36(39(5,6)7)21-34(26)37-22-35(31(24-40)25-41(37)8)30-19-17-29(18-20-30)28-15-13-27(14-16-28)23-38(2,3)4/h9-22,25H,23H2,1-8H3/q+1. The van der Waals surface area contributed by atoms with Crippen LogP contribution in [0.15, 0.2) is 91.1 Å². The van der Waals surface area contributed by atoms with Crippen LogP contribution >= 0.6 is 0 Å². The molecule has 0 aliphatic carbocycles. The highest BCUT2D eigenvalue weighted by Crippen LogP contribution is 2.38. The first-order valence-corrected chi connectivity index (χ1v) is 14.5. The summed E-state index contributed by atoms with van der Waals surface area (Å²) in [7, 11) is 2.04. The molecule has 1 heterocycles. The van der Waals surface area contributed by atoms with E-state index in [9.17, 15) is 5.26 Å². The zero-order chi connectivity index (χ0) is 29.5.